The van der Waals surface area contributed by atoms with E-state index in [1.54, 1.807) is 0 Å². The number of hydrogen-bond donors (Lipinski definition) is 0. The average molecular weight is 164 g/mol. The van der Waals surface area contributed by atoms with Crippen LogP contribution in [0.1, 0.15) is 19.8 Å². The first kappa shape index (κ1) is 8.49. The van der Waals surface area contributed by atoms with Crippen LogP contribution in [0.25, 0.3) is 0 Å². The van der Waals surface area contributed by atoms with Crippen LogP contribution in [-0.2, 0) is 0 Å². The standard InChI is InChI=1S/C9H10BCl/c1-2-7-5-3-4-6-8(10)9(7)11/h6H,2,4,10H2,1H3. The van der Waals surface area contributed by atoms with Crippen LogP contribution in [0, 0.1) is 11.8 Å². The van der Waals surface area contributed by atoms with E-state index in [2.05, 4.69) is 24.8 Å². The van der Waals surface area contributed by atoms with E-state index in [0.717, 1.165) is 28.9 Å². The lowest BCUT2D eigenvalue weighted by Gasteiger charge is -2.00. The van der Waals surface area contributed by atoms with E-state index < -0.39 is 0 Å². The van der Waals surface area contributed by atoms with Gasteiger partial charge < -0.3 is 0 Å². The fraction of sp³-hybridized carbons (Fsp3) is 0.333. The van der Waals surface area contributed by atoms with Gasteiger partial charge >= 0.3 is 0 Å². The lowest BCUT2D eigenvalue weighted by atomic mass is 9.92. The topological polar surface area (TPSA) is 0 Å². The summed E-state index contributed by atoms with van der Waals surface area (Å²) < 4.78 is 0. The molecule has 0 fully saturated rings. The van der Waals surface area contributed by atoms with E-state index in [1.165, 1.54) is 0 Å². The van der Waals surface area contributed by atoms with Crippen LogP contribution in [0.5, 0.6) is 0 Å². The van der Waals surface area contributed by atoms with Crippen molar-refractivity contribution in [2.75, 3.05) is 0 Å². The molecule has 0 aromatic carbocycles. The van der Waals surface area contributed by atoms with Crippen molar-refractivity contribution >= 4 is 19.4 Å². The molecule has 56 valence electrons. The Balaban J connectivity index is 3.05. The first-order valence-electron chi connectivity index (χ1n) is 3.80. The van der Waals surface area contributed by atoms with Crippen LogP contribution in [0.3, 0.4) is 0 Å². The number of halogens is 1. The quantitative estimate of drug-likeness (QED) is 0.410. The van der Waals surface area contributed by atoms with Crippen LogP contribution in [0.15, 0.2) is 22.2 Å². The number of rotatable bonds is 1. The highest BCUT2D eigenvalue weighted by molar-refractivity contribution is 6.41. The molecule has 0 saturated heterocycles. The summed E-state index contributed by atoms with van der Waals surface area (Å²) in [6.45, 7) is 2.07. The molecule has 1 aliphatic carbocycles. The maximum absolute atomic E-state index is 6.05. The lowest BCUT2D eigenvalue weighted by molar-refractivity contribution is 1.16. The Hall–Kier alpha value is -0.605. The maximum atomic E-state index is 6.05. The molecule has 1 aliphatic rings. The Kier molecular flexibility index (Phi) is 2.85. The van der Waals surface area contributed by atoms with E-state index in [9.17, 15) is 0 Å². The van der Waals surface area contributed by atoms with Gasteiger partial charge in [-0.3, -0.25) is 0 Å². The summed E-state index contributed by atoms with van der Waals surface area (Å²) in [5, 5.41) is 0.845. The second-order valence-corrected chi connectivity index (χ2v) is 2.92. The van der Waals surface area contributed by atoms with E-state index >= 15 is 0 Å². The Morgan fingerprint density at radius 3 is 3.09 bits per heavy atom. The molecule has 0 aromatic heterocycles. The zero-order chi connectivity index (χ0) is 8.27. The molecule has 0 nitrogen and oxygen atoms in total. The summed E-state index contributed by atoms with van der Waals surface area (Å²) in [5.74, 6) is 6.10. The first-order valence-corrected chi connectivity index (χ1v) is 4.18. The molecule has 0 heterocycles. The number of allylic oxidation sites excluding steroid dienone is 4. The van der Waals surface area contributed by atoms with Crippen molar-refractivity contribution in [1.29, 1.82) is 0 Å². The van der Waals surface area contributed by atoms with Crippen molar-refractivity contribution in [1.82, 2.24) is 0 Å². The van der Waals surface area contributed by atoms with E-state index in [-0.39, 0.29) is 0 Å². The Morgan fingerprint density at radius 2 is 2.45 bits per heavy atom. The van der Waals surface area contributed by atoms with Gasteiger partial charge in [-0.25, -0.2) is 0 Å². The molecular weight excluding hydrogens is 154 g/mol. The van der Waals surface area contributed by atoms with Crippen LogP contribution < -0.4 is 0 Å². The monoisotopic (exact) mass is 164 g/mol. The summed E-state index contributed by atoms with van der Waals surface area (Å²) >= 11 is 6.05. The minimum atomic E-state index is 0.825. The van der Waals surface area contributed by atoms with Gasteiger partial charge in [-0.2, -0.15) is 0 Å². The molecule has 0 aliphatic heterocycles. The Morgan fingerprint density at radius 1 is 1.73 bits per heavy atom. The van der Waals surface area contributed by atoms with Crippen LogP contribution in [-0.4, -0.2) is 7.85 Å². The zero-order valence-corrected chi connectivity index (χ0v) is 7.63. The van der Waals surface area contributed by atoms with Crippen LogP contribution in [0.2, 0.25) is 0 Å². The highest BCUT2D eigenvalue weighted by atomic mass is 35.5. The third kappa shape index (κ3) is 1.91. The first-order chi connectivity index (χ1) is 5.25. The fourth-order valence-electron chi connectivity index (χ4n) is 0.988. The summed E-state index contributed by atoms with van der Waals surface area (Å²) in [5.41, 5.74) is 2.21. The average Bonchev–Trinajstić information content (AvgIpc) is 2.16. The zero-order valence-electron chi connectivity index (χ0n) is 6.87. The molecule has 0 radical (unpaired) electrons. The second-order valence-electron chi connectivity index (χ2n) is 2.54. The van der Waals surface area contributed by atoms with Gasteiger partial charge in [0.1, 0.15) is 7.85 Å². The van der Waals surface area contributed by atoms with E-state index in [0.29, 0.717) is 0 Å². The Labute approximate surface area is 73.7 Å². The minimum Gasteiger partial charge on any atom is -0.0940 e. The maximum Gasteiger partial charge on any atom is 0.140 e. The lowest BCUT2D eigenvalue weighted by Crippen LogP contribution is -1.86. The van der Waals surface area contributed by atoms with Crippen molar-refractivity contribution in [2.24, 2.45) is 0 Å². The summed E-state index contributed by atoms with van der Waals surface area (Å²) in [4.78, 5) is 0. The minimum absolute atomic E-state index is 0.825. The number of hydrogen-bond acceptors (Lipinski definition) is 0. The molecule has 0 saturated carbocycles. The summed E-state index contributed by atoms with van der Waals surface area (Å²) in [6, 6.07) is 0. The van der Waals surface area contributed by atoms with Crippen LogP contribution in [0.4, 0.5) is 0 Å². The molecule has 2 heteroatoms. The van der Waals surface area contributed by atoms with Gasteiger partial charge in [-0.15, -0.1) is 0 Å². The second kappa shape index (κ2) is 3.69. The highest BCUT2D eigenvalue weighted by Crippen LogP contribution is 2.20. The summed E-state index contributed by atoms with van der Waals surface area (Å²) in [6.07, 6.45) is 3.82. The Bertz CT molecular complexity index is 276. The van der Waals surface area contributed by atoms with E-state index in [1.807, 2.05) is 7.85 Å². The predicted molar refractivity (Wildman–Crippen MR) is 52.2 cm³/mol. The van der Waals surface area contributed by atoms with Gasteiger partial charge in [0.25, 0.3) is 0 Å². The molecular formula is C9H10BCl. The third-order valence-corrected chi connectivity index (χ3v) is 2.24. The predicted octanol–water partition coefficient (Wildman–Crippen LogP) is 1.81. The molecule has 0 atom stereocenters. The van der Waals surface area contributed by atoms with Crippen molar-refractivity contribution < 1.29 is 0 Å². The molecule has 1 rings (SSSR count). The summed E-state index contributed by atoms with van der Waals surface area (Å²) in [7, 11) is 2.02. The molecule has 0 bridgehead atoms. The van der Waals surface area contributed by atoms with E-state index in [4.69, 9.17) is 11.6 Å². The molecule has 0 unspecified atom stereocenters. The van der Waals surface area contributed by atoms with Crippen molar-refractivity contribution in [3.05, 3.63) is 22.2 Å². The van der Waals surface area contributed by atoms with Gasteiger partial charge in [-0.05, 0) is 6.42 Å². The van der Waals surface area contributed by atoms with Crippen molar-refractivity contribution in [2.45, 2.75) is 19.8 Å². The highest BCUT2D eigenvalue weighted by Gasteiger charge is 2.03. The largest absolute Gasteiger partial charge is 0.140 e. The van der Waals surface area contributed by atoms with Gasteiger partial charge in [0, 0.05) is 17.0 Å². The van der Waals surface area contributed by atoms with Gasteiger partial charge in [0.15, 0.2) is 0 Å². The van der Waals surface area contributed by atoms with Crippen LogP contribution >= 0.6 is 11.6 Å². The molecule has 11 heavy (non-hydrogen) atoms. The molecule has 0 spiro atoms. The molecule has 0 aromatic rings. The van der Waals surface area contributed by atoms with Crippen molar-refractivity contribution in [3.8, 4) is 11.8 Å². The van der Waals surface area contributed by atoms with Gasteiger partial charge in [0.05, 0.1) is 0 Å². The fourth-order valence-corrected chi connectivity index (χ4v) is 1.25. The molecule has 0 amide bonds. The molecule has 0 N–H and O–H groups in total. The smallest absolute Gasteiger partial charge is 0.0940 e. The van der Waals surface area contributed by atoms with Gasteiger partial charge in [0.2, 0.25) is 0 Å². The van der Waals surface area contributed by atoms with Gasteiger partial charge in [-0.1, -0.05) is 41.9 Å². The SMILES string of the molecule is BC1=CCC#CC(CC)=C1Cl. The normalized spacial score (nSPS) is 16.7. The third-order valence-electron chi connectivity index (χ3n) is 1.71. The van der Waals surface area contributed by atoms with Crippen molar-refractivity contribution in [3.63, 3.8) is 0 Å².